The average molecular weight is 679 g/mol. The lowest BCUT2D eigenvalue weighted by atomic mass is 9.99. The molecule has 246 valence electrons. The second-order valence-corrected chi connectivity index (χ2v) is 13.2. The summed E-state index contributed by atoms with van der Waals surface area (Å²) < 4.78 is 15.5. The summed E-state index contributed by atoms with van der Waals surface area (Å²) in [5.74, 6) is 0.478. The second-order valence-electron chi connectivity index (χ2n) is 13.2. The largest absolute Gasteiger partial charge is 0.456 e. The van der Waals surface area contributed by atoms with Gasteiger partial charge >= 0.3 is 0 Å². The van der Waals surface area contributed by atoms with Crippen molar-refractivity contribution >= 4 is 65.7 Å². The summed E-state index contributed by atoms with van der Waals surface area (Å²) in [6.45, 7) is 0. The first kappa shape index (κ1) is 29.3. The highest BCUT2D eigenvalue weighted by Gasteiger charge is 2.25. The number of aromatic nitrogens is 3. The smallest absolute Gasteiger partial charge is 0.164 e. The van der Waals surface area contributed by atoms with Gasteiger partial charge in [0, 0.05) is 38.1 Å². The van der Waals surface area contributed by atoms with E-state index in [2.05, 4.69) is 77.4 Å². The number of para-hydroxylation sites is 3. The van der Waals surface area contributed by atoms with Crippen molar-refractivity contribution in [1.29, 1.82) is 5.26 Å². The molecule has 0 aliphatic carbocycles. The molecular formula is C47H26N4O2. The van der Waals surface area contributed by atoms with Crippen molar-refractivity contribution in [2.75, 3.05) is 0 Å². The quantitative estimate of drug-likeness (QED) is 0.185. The molecule has 4 heterocycles. The van der Waals surface area contributed by atoms with Gasteiger partial charge in [-0.2, -0.15) is 5.26 Å². The van der Waals surface area contributed by atoms with Crippen LogP contribution in [0.5, 0.6) is 0 Å². The van der Waals surface area contributed by atoms with Crippen molar-refractivity contribution in [3.63, 3.8) is 0 Å². The number of hydrogen-bond donors (Lipinski definition) is 0. The number of benzene rings is 7. The van der Waals surface area contributed by atoms with E-state index < -0.39 is 0 Å². The van der Waals surface area contributed by atoms with Crippen LogP contribution in [0.15, 0.2) is 167 Å². The highest BCUT2D eigenvalue weighted by molar-refractivity contribution is 6.28. The molecule has 11 aromatic rings. The van der Waals surface area contributed by atoms with Gasteiger partial charge in [0.2, 0.25) is 0 Å². The lowest BCUT2D eigenvalue weighted by Crippen LogP contribution is -2.02. The van der Waals surface area contributed by atoms with E-state index in [1.165, 1.54) is 0 Å². The molecule has 0 saturated heterocycles. The minimum Gasteiger partial charge on any atom is -0.456 e. The lowest BCUT2D eigenvalue weighted by Gasteiger charge is -2.14. The van der Waals surface area contributed by atoms with Crippen molar-refractivity contribution in [3.05, 3.63) is 163 Å². The molecule has 0 amide bonds. The average Bonchev–Trinajstić information content (AvgIpc) is 3.90. The van der Waals surface area contributed by atoms with Gasteiger partial charge in [-0.1, -0.05) is 115 Å². The molecule has 0 aliphatic rings. The maximum atomic E-state index is 10.5. The summed E-state index contributed by atoms with van der Waals surface area (Å²) >= 11 is 0. The van der Waals surface area contributed by atoms with Gasteiger partial charge in [0.1, 0.15) is 34.0 Å². The van der Waals surface area contributed by atoms with Crippen molar-refractivity contribution in [2.45, 2.75) is 0 Å². The van der Waals surface area contributed by atoms with Crippen molar-refractivity contribution in [2.24, 2.45) is 0 Å². The molecule has 6 heteroatoms. The predicted octanol–water partition coefficient (Wildman–Crippen LogP) is 12.2. The van der Waals surface area contributed by atoms with Crippen LogP contribution < -0.4 is 0 Å². The molecule has 0 spiro atoms. The number of furan rings is 2. The molecule has 11 rings (SSSR count). The Morgan fingerprint density at radius 3 is 1.74 bits per heavy atom. The Balaban J connectivity index is 1.25. The Morgan fingerprint density at radius 2 is 1.06 bits per heavy atom. The molecule has 0 radical (unpaired) electrons. The van der Waals surface area contributed by atoms with Gasteiger partial charge in [-0.15, -0.1) is 0 Å². The first-order chi connectivity index (χ1) is 26.3. The van der Waals surface area contributed by atoms with Gasteiger partial charge in [-0.05, 0) is 42.5 Å². The number of fused-ring (bicyclic) bond motifs is 10. The van der Waals surface area contributed by atoms with E-state index in [1.54, 1.807) is 0 Å². The van der Waals surface area contributed by atoms with Crippen LogP contribution in [0.1, 0.15) is 5.56 Å². The standard InChI is InChI=1S/C47H26N4O2/c48-27-34-44(28-13-3-1-4-14-28)49-47(50-45(34)29-15-5-2-6-16-29)33-23-24-37(42-31-18-8-12-22-39(31)53-46(33)42)51-35-20-10-7-17-30(35)41-36(51)25-26-40-43(41)32-19-9-11-21-38(32)52-40/h1-26H. The van der Waals surface area contributed by atoms with Crippen LogP contribution in [0.4, 0.5) is 0 Å². The number of nitriles is 1. The summed E-state index contributed by atoms with van der Waals surface area (Å²) in [6, 6.07) is 55.4. The maximum absolute atomic E-state index is 10.5. The Hall–Kier alpha value is -7.49. The molecule has 0 fully saturated rings. The summed E-state index contributed by atoms with van der Waals surface area (Å²) in [6.07, 6.45) is 0. The fourth-order valence-corrected chi connectivity index (χ4v) is 8.00. The van der Waals surface area contributed by atoms with Gasteiger partial charge in [0.25, 0.3) is 0 Å². The third-order valence-corrected chi connectivity index (χ3v) is 10.3. The molecule has 6 nitrogen and oxygen atoms in total. The summed E-state index contributed by atoms with van der Waals surface area (Å²) in [5.41, 5.74) is 10.3. The third-order valence-electron chi connectivity index (χ3n) is 10.3. The van der Waals surface area contributed by atoms with E-state index >= 15 is 0 Å². The first-order valence-electron chi connectivity index (χ1n) is 17.5. The Kier molecular flexibility index (Phi) is 6.22. The van der Waals surface area contributed by atoms with Gasteiger partial charge in [0.05, 0.1) is 39.1 Å². The highest BCUT2D eigenvalue weighted by atomic mass is 16.3. The molecule has 0 atom stereocenters. The lowest BCUT2D eigenvalue weighted by molar-refractivity contribution is 0.669. The monoisotopic (exact) mass is 678 g/mol. The summed E-state index contributed by atoms with van der Waals surface area (Å²) in [7, 11) is 0. The molecular weight excluding hydrogens is 653 g/mol. The molecule has 0 saturated carbocycles. The van der Waals surface area contributed by atoms with E-state index in [4.69, 9.17) is 18.8 Å². The number of nitrogens with zero attached hydrogens (tertiary/aromatic N) is 4. The van der Waals surface area contributed by atoms with Crippen LogP contribution >= 0.6 is 0 Å². The number of hydrogen-bond acceptors (Lipinski definition) is 5. The molecule has 53 heavy (non-hydrogen) atoms. The van der Waals surface area contributed by atoms with Gasteiger partial charge in [-0.3, -0.25) is 0 Å². The van der Waals surface area contributed by atoms with Crippen LogP contribution in [0.2, 0.25) is 0 Å². The van der Waals surface area contributed by atoms with Crippen molar-refractivity contribution in [3.8, 4) is 45.7 Å². The summed E-state index contributed by atoms with van der Waals surface area (Å²) in [5, 5.41) is 16.9. The maximum Gasteiger partial charge on any atom is 0.164 e. The first-order valence-corrected chi connectivity index (χ1v) is 17.5. The van der Waals surface area contributed by atoms with Gasteiger partial charge in [0.15, 0.2) is 5.82 Å². The molecule has 0 N–H and O–H groups in total. The van der Waals surface area contributed by atoms with Gasteiger partial charge in [-0.25, -0.2) is 9.97 Å². The van der Waals surface area contributed by atoms with Crippen LogP contribution in [0.3, 0.4) is 0 Å². The Morgan fingerprint density at radius 1 is 0.472 bits per heavy atom. The van der Waals surface area contributed by atoms with Crippen molar-refractivity contribution < 1.29 is 8.83 Å². The van der Waals surface area contributed by atoms with Gasteiger partial charge < -0.3 is 13.4 Å². The zero-order chi connectivity index (χ0) is 35.0. The Bertz CT molecular complexity index is 3230. The third kappa shape index (κ3) is 4.25. The second kappa shape index (κ2) is 11.3. The van der Waals surface area contributed by atoms with E-state index in [1.807, 2.05) is 91.0 Å². The normalized spacial score (nSPS) is 11.8. The molecule has 0 unspecified atom stereocenters. The van der Waals surface area contributed by atoms with Crippen LogP contribution in [-0.2, 0) is 0 Å². The zero-order valence-corrected chi connectivity index (χ0v) is 28.1. The molecule has 4 aromatic heterocycles. The molecule has 0 aliphatic heterocycles. The number of rotatable bonds is 4. The fourth-order valence-electron chi connectivity index (χ4n) is 8.00. The predicted molar refractivity (Wildman–Crippen MR) is 212 cm³/mol. The van der Waals surface area contributed by atoms with Crippen molar-refractivity contribution in [1.82, 2.24) is 14.5 Å². The molecule has 0 bridgehead atoms. The van der Waals surface area contributed by atoms with E-state index in [0.29, 0.717) is 28.4 Å². The van der Waals surface area contributed by atoms with E-state index in [0.717, 1.165) is 82.5 Å². The molecule has 7 aromatic carbocycles. The minimum atomic E-state index is 0.423. The van der Waals surface area contributed by atoms with Crippen LogP contribution in [0, 0.1) is 11.3 Å². The topological polar surface area (TPSA) is 80.8 Å². The van der Waals surface area contributed by atoms with E-state index in [9.17, 15) is 5.26 Å². The van der Waals surface area contributed by atoms with Crippen LogP contribution in [0.25, 0.3) is 105 Å². The van der Waals surface area contributed by atoms with E-state index in [-0.39, 0.29) is 0 Å². The fraction of sp³-hybridized carbons (Fsp3) is 0. The Labute approximate surface area is 302 Å². The van der Waals surface area contributed by atoms with Crippen LogP contribution in [-0.4, -0.2) is 14.5 Å². The highest BCUT2D eigenvalue weighted by Crippen LogP contribution is 2.45. The zero-order valence-electron chi connectivity index (χ0n) is 28.1. The SMILES string of the molecule is N#Cc1c(-c2ccccc2)nc(-c2ccc(-n3c4ccccc4c4c5c(ccc43)oc3ccccc35)c3c2oc2ccccc23)nc1-c1ccccc1. The minimum absolute atomic E-state index is 0.423. The summed E-state index contributed by atoms with van der Waals surface area (Å²) in [4.78, 5) is 10.3.